The molecule has 11 nitrogen and oxygen atoms in total. The molecule has 192 valence electrons. The fourth-order valence-electron chi connectivity index (χ4n) is 4.70. The zero-order valence-electron chi connectivity index (χ0n) is 20.8. The van der Waals surface area contributed by atoms with Gasteiger partial charge in [-0.15, -0.1) is 0 Å². The van der Waals surface area contributed by atoms with Gasteiger partial charge in [0, 0.05) is 48.7 Å². The maximum Gasteiger partial charge on any atom is 0.273 e. The lowest BCUT2D eigenvalue weighted by molar-refractivity contribution is -0.385. The van der Waals surface area contributed by atoms with Gasteiger partial charge >= 0.3 is 0 Å². The Hall–Kier alpha value is -4.35. The highest BCUT2D eigenvalue weighted by Gasteiger charge is 2.47. The molecule has 0 spiro atoms. The third kappa shape index (κ3) is 5.27. The van der Waals surface area contributed by atoms with Crippen LogP contribution in [-0.4, -0.2) is 45.6 Å². The summed E-state index contributed by atoms with van der Waals surface area (Å²) in [5.74, 6) is -0.814. The molecule has 4 rings (SSSR count). The number of nitrogens with one attached hydrogen (secondary N) is 2. The molecule has 0 aliphatic carbocycles. The van der Waals surface area contributed by atoms with Gasteiger partial charge in [0.05, 0.1) is 17.4 Å². The summed E-state index contributed by atoms with van der Waals surface area (Å²) in [6, 6.07) is 16.6. The van der Waals surface area contributed by atoms with Gasteiger partial charge in [0.1, 0.15) is 11.6 Å². The largest absolute Gasteiger partial charge is 0.392 e. The van der Waals surface area contributed by atoms with E-state index in [1.165, 1.54) is 11.1 Å². The number of allylic oxidation sites excluding steroid dienone is 1. The van der Waals surface area contributed by atoms with Crippen molar-refractivity contribution in [3.8, 4) is 0 Å². The summed E-state index contributed by atoms with van der Waals surface area (Å²) in [7, 11) is 1.77. The first-order valence-electron chi connectivity index (χ1n) is 11.8. The average Bonchev–Trinajstić information content (AvgIpc) is 3.21. The molecule has 1 fully saturated rings. The summed E-state index contributed by atoms with van der Waals surface area (Å²) >= 11 is 0. The maximum atomic E-state index is 13.8. The van der Waals surface area contributed by atoms with Crippen LogP contribution >= 0.6 is 0 Å². The fourth-order valence-corrected chi connectivity index (χ4v) is 4.70. The van der Waals surface area contributed by atoms with Gasteiger partial charge in [-0.1, -0.05) is 30.3 Å². The monoisotopic (exact) mass is 503 g/mol. The minimum atomic E-state index is -0.806. The molecule has 0 saturated carbocycles. The van der Waals surface area contributed by atoms with Crippen LogP contribution in [0.2, 0.25) is 0 Å². The van der Waals surface area contributed by atoms with Crippen molar-refractivity contribution in [1.29, 1.82) is 0 Å². The lowest BCUT2D eigenvalue weighted by Gasteiger charge is -2.30. The van der Waals surface area contributed by atoms with Crippen LogP contribution in [0.1, 0.15) is 25.3 Å². The Kier molecular flexibility index (Phi) is 7.75. The second-order valence-corrected chi connectivity index (χ2v) is 8.77. The first-order chi connectivity index (χ1) is 17.8. The van der Waals surface area contributed by atoms with Crippen molar-refractivity contribution in [3.63, 3.8) is 0 Å². The zero-order valence-corrected chi connectivity index (χ0v) is 20.8. The molecular formula is C26H29N7O4. The van der Waals surface area contributed by atoms with E-state index in [-0.39, 0.29) is 11.6 Å². The first kappa shape index (κ1) is 25.7. The summed E-state index contributed by atoms with van der Waals surface area (Å²) in [5.41, 5.74) is 7.58. The number of hydrogen-bond donors (Lipinski definition) is 3. The van der Waals surface area contributed by atoms with Gasteiger partial charge in [-0.3, -0.25) is 19.9 Å². The highest BCUT2D eigenvalue weighted by molar-refractivity contribution is 5.97. The molecule has 37 heavy (non-hydrogen) atoms. The number of hydrazine groups is 2. The number of pyridine rings is 2. The van der Waals surface area contributed by atoms with Gasteiger partial charge in [0.2, 0.25) is 5.91 Å². The Morgan fingerprint density at radius 2 is 1.84 bits per heavy atom. The zero-order chi connectivity index (χ0) is 26.5. The molecular weight excluding hydrogens is 474 g/mol. The topological polar surface area (TPSA) is 137 Å². The summed E-state index contributed by atoms with van der Waals surface area (Å²) in [6.45, 7) is 3.18. The standard InChI is InChI=1S/C26H29N7O4/c1-17(29-31(3)22-12-6-8-14-27-22)20(16-34)25(19-10-4-5-11-21(19)33(36)37)24-18(2)30-32(26(24)35)23-13-7-9-15-28-23/h4-15,18,24-25,29-30,34H,16H2,1-3H3/b20-17+. The van der Waals surface area contributed by atoms with E-state index < -0.39 is 29.4 Å². The highest BCUT2D eigenvalue weighted by atomic mass is 16.6. The van der Waals surface area contributed by atoms with Crippen LogP contribution in [0.4, 0.5) is 17.3 Å². The van der Waals surface area contributed by atoms with Crippen molar-refractivity contribution in [2.75, 3.05) is 23.7 Å². The smallest absolute Gasteiger partial charge is 0.273 e. The number of nitrogens with zero attached hydrogens (tertiary/aromatic N) is 5. The third-order valence-corrected chi connectivity index (χ3v) is 6.44. The molecule has 0 radical (unpaired) electrons. The Morgan fingerprint density at radius 1 is 1.16 bits per heavy atom. The van der Waals surface area contributed by atoms with Gasteiger partial charge in [0.25, 0.3) is 5.69 Å². The number of rotatable bonds is 9. The average molecular weight is 504 g/mol. The molecule has 3 N–H and O–H groups in total. The molecule has 1 aliphatic rings. The van der Waals surface area contributed by atoms with Crippen LogP contribution in [0.5, 0.6) is 0 Å². The molecule has 0 bridgehead atoms. The lowest BCUT2D eigenvalue weighted by atomic mass is 9.76. The van der Waals surface area contributed by atoms with E-state index in [1.54, 1.807) is 73.8 Å². The highest BCUT2D eigenvalue weighted by Crippen LogP contribution is 2.42. The number of aromatic nitrogens is 2. The molecule has 3 atom stereocenters. The maximum absolute atomic E-state index is 13.8. The van der Waals surface area contributed by atoms with E-state index in [0.29, 0.717) is 28.5 Å². The molecule has 3 heterocycles. The van der Waals surface area contributed by atoms with Crippen molar-refractivity contribution in [3.05, 3.63) is 100 Å². The van der Waals surface area contributed by atoms with Gasteiger partial charge < -0.3 is 10.5 Å². The molecule has 1 aromatic carbocycles. The van der Waals surface area contributed by atoms with Gasteiger partial charge in [0.15, 0.2) is 0 Å². The molecule has 1 aliphatic heterocycles. The van der Waals surface area contributed by atoms with Crippen LogP contribution in [0, 0.1) is 16.0 Å². The van der Waals surface area contributed by atoms with Gasteiger partial charge in [-0.25, -0.2) is 20.4 Å². The van der Waals surface area contributed by atoms with Crippen LogP contribution in [0.25, 0.3) is 0 Å². The Balaban J connectivity index is 1.81. The first-order valence-corrected chi connectivity index (χ1v) is 11.8. The number of anilines is 2. The number of aliphatic hydroxyl groups is 1. The van der Waals surface area contributed by atoms with E-state index in [9.17, 15) is 20.0 Å². The van der Waals surface area contributed by atoms with Crippen molar-refractivity contribution in [1.82, 2.24) is 20.8 Å². The van der Waals surface area contributed by atoms with E-state index in [2.05, 4.69) is 20.8 Å². The number of hydrogen-bond acceptors (Lipinski definition) is 9. The Morgan fingerprint density at radius 3 is 2.46 bits per heavy atom. The van der Waals surface area contributed by atoms with E-state index in [4.69, 9.17) is 0 Å². The number of carbonyl (C=O) groups excluding carboxylic acids is 1. The molecule has 3 aromatic rings. The van der Waals surface area contributed by atoms with E-state index in [1.807, 2.05) is 19.1 Å². The number of nitro benzene ring substituents is 1. The Labute approximate surface area is 214 Å². The summed E-state index contributed by atoms with van der Waals surface area (Å²) in [5, 5.41) is 25.7. The van der Waals surface area contributed by atoms with Crippen LogP contribution < -0.4 is 20.9 Å². The van der Waals surface area contributed by atoms with E-state index in [0.717, 1.165) is 0 Å². The molecule has 1 amide bonds. The predicted molar refractivity (Wildman–Crippen MR) is 139 cm³/mol. The summed E-state index contributed by atoms with van der Waals surface area (Å²) in [6.07, 6.45) is 3.24. The number of aliphatic hydroxyl groups excluding tert-OH is 1. The normalized spacial score (nSPS) is 18.8. The fraction of sp³-hybridized carbons (Fsp3) is 0.269. The second-order valence-electron chi connectivity index (χ2n) is 8.77. The predicted octanol–water partition coefficient (Wildman–Crippen LogP) is 2.93. The molecule has 11 heteroatoms. The second kappa shape index (κ2) is 11.1. The minimum absolute atomic E-state index is 0.124. The molecule has 2 aromatic heterocycles. The van der Waals surface area contributed by atoms with Gasteiger partial charge in [-0.2, -0.15) is 0 Å². The minimum Gasteiger partial charge on any atom is -0.392 e. The van der Waals surface area contributed by atoms with Gasteiger partial charge in [-0.05, 0) is 43.7 Å². The summed E-state index contributed by atoms with van der Waals surface area (Å²) in [4.78, 5) is 33.9. The van der Waals surface area contributed by atoms with Crippen LogP contribution in [-0.2, 0) is 4.79 Å². The van der Waals surface area contributed by atoms with Crippen LogP contribution in [0.15, 0.2) is 84.3 Å². The number of carbonyl (C=O) groups is 1. The third-order valence-electron chi connectivity index (χ3n) is 6.44. The molecule has 3 unspecified atom stereocenters. The number of benzene rings is 1. The SMILES string of the molecule is C/C(NN(C)c1ccccn1)=C(/CO)C(c1ccccc1[N+](=O)[O-])C1C(=O)N(c2ccccn2)NC1C. The number of para-hydroxylation sites is 1. The summed E-state index contributed by atoms with van der Waals surface area (Å²) < 4.78 is 0. The lowest BCUT2D eigenvalue weighted by Crippen LogP contribution is -2.37. The van der Waals surface area contributed by atoms with Crippen LogP contribution in [0.3, 0.4) is 0 Å². The molecule has 1 saturated heterocycles. The van der Waals surface area contributed by atoms with Crippen molar-refractivity contribution < 1.29 is 14.8 Å². The quantitative estimate of drug-likeness (QED) is 0.297. The van der Waals surface area contributed by atoms with Crippen molar-refractivity contribution in [2.45, 2.75) is 25.8 Å². The number of amides is 1. The Bertz CT molecular complexity index is 1290. The number of nitro groups is 1. The van der Waals surface area contributed by atoms with Crippen molar-refractivity contribution >= 4 is 23.2 Å². The van der Waals surface area contributed by atoms with E-state index >= 15 is 0 Å². The van der Waals surface area contributed by atoms with Crippen molar-refractivity contribution in [2.24, 2.45) is 5.92 Å².